The Labute approximate surface area is 80.4 Å². The summed E-state index contributed by atoms with van der Waals surface area (Å²) in [6.07, 6.45) is 0.566. The van der Waals surface area contributed by atoms with Gasteiger partial charge in [0.2, 0.25) is 0 Å². The monoisotopic (exact) mass is 200 g/mol. The molecule has 0 spiro atoms. The van der Waals surface area contributed by atoms with Crippen LogP contribution in [0.2, 0.25) is 0 Å². The SMILES string of the molecule is Nc1ccsc1C(=O)NCCCO. The number of anilines is 1. The van der Waals surface area contributed by atoms with Gasteiger partial charge in [-0.2, -0.15) is 0 Å². The van der Waals surface area contributed by atoms with Crippen LogP contribution in [-0.4, -0.2) is 24.2 Å². The molecule has 0 unspecified atom stereocenters. The quantitative estimate of drug-likeness (QED) is 0.617. The smallest absolute Gasteiger partial charge is 0.263 e. The lowest BCUT2D eigenvalue weighted by Gasteiger charge is -2.01. The lowest BCUT2D eigenvalue weighted by Crippen LogP contribution is -2.24. The Morgan fingerprint density at radius 3 is 3.00 bits per heavy atom. The van der Waals surface area contributed by atoms with Crippen molar-refractivity contribution in [2.45, 2.75) is 6.42 Å². The third-order valence-electron chi connectivity index (χ3n) is 1.52. The summed E-state index contributed by atoms with van der Waals surface area (Å²) in [5, 5.41) is 12.9. The first-order valence-corrected chi connectivity index (χ1v) is 4.85. The molecule has 0 radical (unpaired) electrons. The number of carbonyl (C=O) groups excluding carboxylic acids is 1. The van der Waals surface area contributed by atoms with Crippen LogP contribution in [0.4, 0.5) is 5.69 Å². The molecule has 0 aliphatic rings. The molecule has 1 rings (SSSR count). The maximum Gasteiger partial charge on any atom is 0.263 e. The Morgan fingerprint density at radius 1 is 1.69 bits per heavy atom. The second-order valence-electron chi connectivity index (χ2n) is 2.54. The molecule has 0 bridgehead atoms. The highest BCUT2D eigenvalue weighted by Crippen LogP contribution is 2.17. The number of thiophene rings is 1. The number of aliphatic hydroxyl groups is 1. The fourth-order valence-electron chi connectivity index (χ4n) is 0.865. The van der Waals surface area contributed by atoms with Gasteiger partial charge < -0.3 is 16.2 Å². The van der Waals surface area contributed by atoms with E-state index in [4.69, 9.17) is 10.8 Å². The van der Waals surface area contributed by atoms with Crippen LogP contribution in [0.1, 0.15) is 16.1 Å². The van der Waals surface area contributed by atoms with Gasteiger partial charge in [0.1, 0.15) is 4.88 Å². The number of nitrogens with one attached hydrogen (secondary N) is 1. The van der Waals surface area contributed by atoms with Gasteiger partial charge >= 0.3 is 0 Å². The fraction of sp³-hybridized carbons (Fsp3) is 0.375. The number of aliphatic hydroxyl groups excluding tert-OH is 1. The molecule has 72 valence electrons. The molecule has 0 saturated heterocycles. The van der Waals surface area contributed by atoms with Crippen molar-refractivity contribution in [2.75, 3.05) is 18.9 Å². The highest BCUT2D eigenvalue weighted by Gasteiger charge is 2.09. The standard InChI is InChI=1S/C8H12N2O2S/c9-6-2-5-13-7(6)8(12)10-3-1-4-11/h2,5,11H,1,3-4,9H2,(H,10,12). The molecule has 0 aliphatic heterocycles. The molecule has 0 atom stereocenters. The summed E-state index contributed by atoms with van der Waals surface area (Å²) >= 11 is 1.32. The molecule has 4 nitrogen and oxygen atoms in total. The van der Waals surface area contributed by atoms with Crippen molar-refractivity contribution in [3.8, 4) is 0 Å². The zero-order valence-electron chi connectivity index (χ0n) is 7.12. The lowest BCUT2D eigenvalue weighted by molar-refractivity contribution is 0.0956. The topological polar surface area (TPSA) is 75.4 Å². The Bertz CT molecular complexity index is 285. The summed E-state index contributed by atoms with van der Waals surface area (Å²) in [7, 11) is 0. The van der Waals surface area contributed by atoms with Crippen molar-refractivity contribution in [1.29, 1.82) is 0 Å². The highest BCUT2D eigenvalue weighted by atomic mass is 32.1. The fourth-order valence-corrected chi connectivity index (χ4v) is 1.60. The van der Waals surface area contributed by atoms with Crippen LogP contribution in [0, 0.1) is 0 Å². The molecule has 4 N–H and O–H groups in total. The van der Waals surface area contributed by atoms with E-state index in [0.29, 0.717) is 23.5 Å². The Kier molecular flexibility index (Phi) is 3.72. The van der Waals surface area contributed by atoms with Gasteiger partial charge in [0.25, 0.3) is 5.91 Å². The van der Waals surface area contributed by atoms with E-state index in [1.807, 2.05) is 0 Å². The molecule has 0 saturated carbocycles. The van der Waals surface area contributed by atoms with E-state index in [1.54, 1.807) is 11.4 Å². The predicted molar refractivity (Wildman–Crippen MR) is 52.8 cm³/mol. The molecule has 13 heavy (non-hydrogen) atoms. The van der Waals surface area contributed by atoms with Crippen molar-refractivity contribution in [2.24, 2.45) is 0 Å². The van der Waals surface area contributed by atoms with Gasteiger partial charge in [-0.05, 0) is 17.9 Å². The molecule has 1 aromatic rings. The average molecular weight is 200 g/mol. The van der Waals surface area contributed by atoms with Crippen LogP contribution < -0.4 is 11.1 Å². The number of rotatable bonds is 4. The Hall–Kier alpha value is -1.07. The molecule has 1 heterocycles. The molecule has 0 aromatic carbocycles. The molecular formula is C8H12N2O2S. The van der Waals surface area contributed by atoms with Crippen LogP contribution in [-0.2, 0) is 0 Å². The Morgan fingerprint density at radius 2 is 2.46 bits per heavy atom. The average Bonchev–Trinajstić information content (AvgIpc) is 2.52. The van der Waals surface area contributed by atoms with E-state index < -0.39 is 0 Å². The third-order valence-corrected chi connectivity index (χ3v) is 2.45. The largest absolute Gasteiger partial charge is 0.397 e. The molecule has 1 aromatic heterocycles. The normalized spacial score (nSPS) is 9.92. The van der Waals surface area contributed by atoms with Gasteiger partial charge in [-0.3, -0.25) is 4.79 Å². The summed E-state index contributed by atoms with van der Waals surface area (Å²) < 4.78 is 0. The number of nitrogen functional groups attached to an aromatic ring is 1. The first kappa shape index (κ1) is 10.0. The molecule has 1 amide bonds. The van der Waals surface area contributed by atoms with Gasteiger partial charge in [0.15, 0.2) is 0 Å². The van der Waals surface area contributed by atoms with E-state index in [1.165, 1.54) is 11.3 Å². The van der Waals surface area contributed by atoms with Gasteiger partial charge in [0, 0.05) is 13.2 Å². The number of nitrogens with two attached hydrogens (primary N) is 1. The first-order valence-electron chi connectivity index (χ1n) is 3.97. The van der Waals surface area contributed by atoms with Gasteiger partial charge in [-0.25, -0.2) is 0 Å². The van der Waals surface area contributed by atoms with E-state index in [9.17, 15) is 4.79 Å². The minimum Gasteiger partial charge on any atom is -0.397 e. The van der Waals surface area contributed by atoms with Crippen LogP contribution >= 0.6 is 11.3 Å². The third kappa shape index (κ3) is 2.71. The minimum atomic E-state index is -0.166. The van der Waals surface area contributed by atoms with Crippen molar-refractivity contribution < 1.29 is 9.90 Å². The van der Waals surface area contributed by atoms with Crippen molar-refractivity contribution in [3.63, 3.8) is 0 Å². The summed E-state index contributed by atoms with van der Waals surface area (Å²) in [5.74, 6) is -0.166. The van der Waals surface area contributed by atoms with Crippen molar-refractivity contribution >= 4 is 22.9 Å². The predicted octanol–water partition coefficient (Wildman–Crippen LogP) is 0.443. The summed E-state index contributed by atoms with van der Waals surface area (Å²) in [4.78, 5) is 11.9. The van der Waals surface area contributed by atoms with E-state index in [2.05, 4.69) is 5.32 Å². The number of carbonyl (C=O) groups is 1. The first-order chi connectivity index (χ1) is 6.25. The molecule has 5 heteroatoms. The van der Waals surface area contributed by atoms with Gasteiger partial charge in [0.05, 0.1) is 5.69 Å². The van der Waals surface area contributed by atoms with Crippen LogP contribution in [0.15, 0.2) is 11.4 Å². The van der Waals surface area contributed by atoms with Crippen LogP contribution in [0.25, 0.3) is 0 Å². The number of hydrogen-bond acceptors (Lipinski definition) is 4. The highest BCUT2D eigenvalue weighted by molar-refractivity contribution is 7.12. The van der Waals surface area contributed by atoms with Gasteiger partial charge in [-0.15, -0.1) is 11.3 Å². The summed E-state index contributed by atoms with van der Waals surface area (Å²) in [6.45, 7) is 0.562. The summed E-state index contributed by atoms with van der Waals surface area (Å²) in [6, 6.07) is 1.70. The zero-order chi connectivity index (χ0) is 9.68. The molecule has 0 aliphatic carbocycles. The molecule has 0 fully saturated rings. The van der Waals surface area contributed by atoms with E-state index in [-0.39, 0.29) is 12.5 Å². The van der Waals surface area contributed by atoms with Gasteiger partial charge in [-0.1, -0.05) is 0 Å². The maximum absolute atomic E-state index is 11.3. The molecular weight excluding hydrogens is 188 g/mol. The Balaban J connectivity index is 2.45. The van der Waals surface area contributed by atoms with Crippen molar-refractivity contribution in [1.82, 2.24) is 5.32 Å². The van der Waals surface area contributed by atoms with Crippen LogP contribution in [0.5, 0.6) is 0 Å². The second-order valence-corrected chi connectivity index (χ2v) is 3.45. The number of amides is 1. The van der Waals surface area contributed by atoms with E-state index >= 15 is 0 Å². The lowest BCUT2D eigenvalue weighted by atomic mass is 10.3. The minimum absolute atomic E-state index is 0.0835. The van der Waals surface area contributed by atoms with Crippen molar-refractivity contribution in [3.05, 3.63) is 16.3 Å². The zero-order valence-corrected chi connectivity index (χ0v) is 7.93. The number of hydrogen-bond donors (Lipinski definition) is 3. The second kappa shape index (κ2) is 4.84. The maximum atomic E-state index is 11.3. The van der Waals surface area contributed by atoms with E-state index in [0.717, 1.165) is 0 Å². The summed E-state index contributed by atoms with van der Waals surface area (Å²) in [5.41, 5.74) is 6.05. The van der Waals surface area contributed by atoms with Crippen LogP contribution in [0.3, 0.4) is 0 Å².